The van der Waals surface area contributed by atoms with E-state index in [2.05, 4.69) is 25.7 Å². The number of morpholine rings is 1. The third-order valence-electron chi connectivity index (χ3n) is 2.88. The SMILES string of the molecule is Cn1nnc(-c2cc(C3COCCN3)cc(Cl)n2)n1. The van der Waals surface area contributed by atoms with Gasteiger partial charge >= 0.3 is 0 Å². The van der Waals surface area contributed by atoms with E-state index in [1.165, 1.54) is 4.80 Å². The van der Waals surface area contributed by atoms with Crippen molar-refractivity contribution in [2.45, 2.75) is 6.04 Å². The van der Waals surface area contributed by atoms with E-state index in [-0.39, 0.29) is 6.04 Å². The highest BCUT2D eigenvalue weighted by atomic mass is 35.5. The van der Waals surface area contributed by atoms with E-state index < -0.39 is 0 Å². The van der Waals surface area contributed by atoms with E-state index in [0.717, 1.165) is 18.7 Å². The zero-order valence-corrected chi connectivity index (χ0v) is 11.1. The number of hydrogen-bond donors (Lipinski definition) is 1. The summed E-state index contributed by atoms with van der Waals surface area (Å²) in [6.07, 6.45) is 0. The summed E-state index contributed by atoms with van der Waals surface area (Å²) in [5.41, 5.74) is 1.63. The van der Waals surface area contributed by atoms with Crippen LogP contribution < -0.4 is 5.32 Å². The van der Waals surface area contributed by atoms with E-state index in [4.69, 9.17) is 16.3 Å². The standard InChI is InChI=1S/C11H13ClN6O/c1-18-16-11(15-17-18)8-4-7(5-10(12)14-8)9-6-19-3-2-13-9/h4-5,9,13H,2-3,6H2,1H3. The fourth-order valence-corrected chi connectivity index (χ4v) is 2.22. The summed E-state index contributed by atoms with van der Waals surface area (Å²) in [6, 6.07) is 3.85. The Labute approximate surface area is 114 Å². The summed E-state index contributed by atoms with van der Waals surface area (Å²) >= 11 is 6.06. The topological polar surface area (TPSA) is 77.8 Å². The minimum absolute atomic E-state index is 0.115. The Morgan fingerprint density at radius 2 is 2.37 bits per heavy atom. The first-order chi connectivity index (χ1) is 9.22. The van der Waals surface area contributed by atoms with Crippen LogP contribution in [-0.4, -0.2) is 44.9 Å². The molecule has 0 bridgehead atoms. The summed E-state index contributed by atoms with van der Waals surface area (Å²) in [7, 11) is 1.71. The number of ether oxygens (including phenoxy) is 1. The molecule has 100 valence electrons. The molecule has 0 saturated carbocycles. The molecule has 0 amide bonds. The van der Waals surface area contributed by atoms with Crippen LogP contribution in [0, 0.1) is 0 Å². The molecule has 8 heteroatoms. The van der Waals surface area contributed by atoms with Crippen LogP contribution in [0.3, 0.4) is 0 Å². The lowest BCUT2D eigenvalue weighted by Crippen LogP contribution is -2.34. The number of nitrogens with zero attached hydrogens (tertiary/aromatic N) is 5. The Balaban J connectivity index is 1.95. The van der Waals surface area contributed by atoms with Crippen molar-refractivity contribution in [3.05, 3.63) is 22.8 Å². The average Bonchev–Trinajstić information content (AvgIpc) is 2.86. The maximum atomic E-state index is 6.06. The maximum Gasteiger partial charge on any atom is 0.223 e. The summed E-state index contributed by atoms with van der Waals surface area (Å²) in [4.78, 5) is 5.62. The molecule has 1 aliphatic rings. The fraction of sp³-hybridized carbons (Fsp3) is 0.455. The molecule has 0 aliphatic carbocycles. The second kappa shape index (κ2) is 5.20. The summed E-state index contributed by atoms with van der Waals surface area (Å²) in [6.45, 7) is 2.17. The van der Waals surface area contributed by atoms with Crippen molar-refractivity contribution in [3.8, 4) is 11.5 Å². The van der Waals surface area contributed by atoms with Crippen LogP contribution >= 0.6 is 11.6 Å². The minimum Gasteiger partial charge on any atom is -0.378 e. The van der Waals surface area contributed by atoms with Gasteiger partial charge in [0.1, 0.15) is 10.8 Å². The van der Waals surface area contributed by atoms with Gasteiger partial charge in [0.25, 0.3) is 0 Å². The van der Waals surface area contributed by atoms with Gasteiger partial charge < -0.3 is 10.1 Å². The lowest BCUT2D eigenvalue weighted by molar-refractivity contribution is 0.0769. The van der Waals surface area contributed by atoms with Gasteiger partial charge in [0, 0.05) is 6.54 Å². The molecule has 1 unspecified atom stereocenters. The number of tetrazole rings is 1. The van der Waals surface area contributed by atoms with Crippen LogP contribution in [0.4, 0.5) is 0 Å². The van der Waals surface area contributed by atoms with Crippen molar-refractivity contribution in [2.75, 3.05) is 19.8 Å². The van der Waals surface area contributed by atoms with Crippen LogP contribution in [0.2, 0.25) is 5.15 Å². The monoisotopic (exact) mass is 280 g/mol. The zero-order chi connectivity index (χ0) is 13.2. The molecule has 19 heavy (non-hydrogen) atoms. The number of aromatic nitrogens is 5. The molecular formula is C11H13ClN6O. The number of aryl methyl sites for hydroxylation is 1. The van der Waals surface area contributed by atoms with Crippen molar-refractivity contribution in [1.29, 1.82) is 0 Å². The minimum atomic E-state index is 0.115. The van der Waals surface area contributed by atoms with E-state index >= 15 is 0 Å². The highest BCUT2D eigenvalue weighted by Crippen LogP contribution is 2.23. The summed E-state index contributed by atoms with van der Waals surface area (Å²) in [5.74, 6) is 0.461. The second-order valence-corrected chi connectivity index (χ2v) is 4.68. The number of nitrogens with one attached hydrogen (secondary N) is 1. The van der Waals surface area contributed by atoms with Gasteiger partial charge in [-0.2, -0.15) is 4.80 Å². The second-order valence-electron chi connectivity index (χ2n) is 4.29. The van der Waals surface area contributed by atoms with Crippen molar-refractivity contribution >= 4 is 11.6 Å². The lowest BCUT2D eigenvalue weighted by Gasteiger charge is -2.24. The molecule has 1 fully saturated rings. The molecule has 0 aromatic carbocycles. The smallest absolute Gasteiger partial charge is 0.223 e. The molecule has 2 aromatic heterocycles. The fourth-order valence-electron chi connectivity index (χ4n) is 2.00. The van der Waals surface area contributed by atoms with Crippen LogP contribution in [-0.2, 0) is 11.8 Å². The van der Waals surface area contributed by atoms with E-state index in [1.807, 2.05) is 12.1 Å². The molecule has 1 saturated heterocycles. The Bertz CT molecular complexity index is 580. The van der Waals surface area contributed by atoms with E-state index in [0.29, 0.717) is 23.3 Å². The normalized spacial score (nSPS) is 19.6. The van der Waals surface area contributed by atoms with Gasteiger partial charge in [-0.15, -0.1) is 10.2 Å². The van der Waals surface area contributed by atoms with Crippen molar-refractivity contribution in [2.24, 2.45) is 7.05 Å². The van der Waals surface area contributed by atoms with E-state index in [9.17, 15) is 0 Å². The lowest BCUT2D eigenvalue weighted by atomic mass is 10.1. The van der Waals surface area contributed by atoms with Crippen molar-refractivity contribution < 1.29 is 4.74 Å². The van der Waals surface area contributed by atoms with Crippen molar-refractivity contribution in [3.63, 3.8) is 0 Å². The van der Waals surface area contributed by atoms with Gasteiger partial charge in [0.15, 0.2) is 0 Å². The molecule has 0 spiro atoms. The molecule has 3 rings (SSSR count). The summed E-state index contributed by atoms with van der Waals surface area (Å²) in [5, 5.41) is 15.7. The van der Waals surface area contributed by atoms with Gasteiger partial charge in [0.2, 0.25) is 5.82 Å². The predicted octanol–water partition coefficient (Wildman–Crippen LogP) is 0.586. The van der Waals surface area contributed by atoms with Gasteiger partial charge in [-0.05, 0) is 22.9 Å². The number of pyridine rings is 1. The third kappa shape index (κ3) is 2.73. The van der Waals surface area contributed by atoms with Crippen LogP contribution in [0.1, 0.15) is 11.6 Å². The highest BCUT2D eigenvalue weighted by molar-refractivity contribution is 6.29. The Kier molecular flexibility index (Phi) is 3.41. The van der Waals surface area contributed by atoms with Crippen LogP contribution in [0.25, 0.3) is 11.5 Å². The number of halogens is 1. The Morgan fingerprint density at radius 3 is 3.05 bits per heavy atom. The maximum absolute atomic E-state index is 6.06. The molecule has 7 nitrogen and oxygen atoms in total. The zero-order valence-electron chi connectivity index (χ0n) is 10.4. The molecule has 1 atom stereocenters. The van der Waals surface area contributed by atoms with Crippen molar-refractivity contribution in [1.82, 2.24) is 30.5 Å². The Morgan fingerprint density at radius 1 is 1.47 bits per heavy atom. The van der Waals surface area contributed by atoms with Crippen LogP contribution in [0.5, 0.6) is 0 Å². The van der Waals surface area contributed by atoms with Gasteiger partial charge in [-0.25, -0.2) is 4.98 Å². The van der Waals surface area contributed by atoms with Gasteiger partial charge in [0.05, 0.1) is 26.3 Å². The van der Waals surface area contributed by atoms with E-state index in [1.54, 1.807) is 7.05 Å². The highest BCUT2D eigenvalue weighted by Gasteiger charge is 2.18. The largest absolute Gasteiger partial charge is 0.378 e. The van der Waals surface area contributed by atoms with Gasteiger partial charge in [-0.3, -0.25) is 0 Å². The quantitative estimate of drug-likeness (QED) is 0.811. The first kappa shape index (κ1) is 12.5. The molecular weight excluding hydrogens is 268 g/mol. The predicted molar refractivity (Wildman–Crippen MR) is 68.6 cm³/mol. The average molecular weight is 281 g/mol. The molecule has 0 radical (unpaired) electrons. The molecule has 1 N–H and O–H groups in total. The summed E-state index contributed by atoms with van der Waals surface area (Å²) < 4.78 is 5.45. The molecule has 3 heterocycles. The Hall–Kier alpha value is -1.57. The number of rotatable bonds is 2. The number of hydrogen-bond acceptors (Lipinski definition) is 6. The third-order valence-corrected chi connectivity index (χ3v) is 3.07. The van der Waals surface area contributed by atoms with Crippen LogP contribution in [0.15, 0.2) is 12.1 Å². The first-order valence-corrected chi connectivity index (χ1v) is 6.33. The first-order valence-electron chi connectivity index (χ1n) is 5.95. The molecule has 2 aromatic rings. The van der Waals surface area contributed by atoms with Gasteiger partial charge in [-0.1, -0.05) is 11.6 Å². The molecule has 1 aliphatic heterocycles.